The maximum atomic E-state index is 13.0. The number of amidine groups is 1. The van der Waals surface area contributed by atoms with Crippen LogP contribution in [0.2, 0.25) is 0 Å². The van der Waals surface area contributed by atoms with E-state index in [1.165, 1.54) is 11.8 Å². The molecule has 0 N–H and O–H groups in total. The molecule has 1 aliphatic heterocycles. The van der Waals surface area contributed by atoms with E-state index in [1.54, 1.807) is 12.0 Å². The number of thioether (sulfide) groups is 1. The summed E-state index contributed by atoms with van der Waals surface area (Å²) in [5.74, 6) is 0.686. The van der Waals surface area contributed by atoms with Crippen molar-refractivity contribution in [3.8, 4) is 5.75 Å². The van der Waals surface area contributed by atoms with Gasteiger partial charge in [0.05, 0.1) is 26.6 Å². The van der Waals surface area contributed by atoms with Gasteiger partial charge in [0.2, 0.25) is 0 Å². The number of rotatable bonds is 4. The fraction of sp³-hybridized carbons (Fsp3) is 0.200. The summed E-state index contributed by atoms with van der Waals surface area (Å²) in [5, 5.41) is 0.694. The van der Waals surface area contributed by atoms with Crippen molar-refractivity contribution in [3.05, 3.63) is 61.9 Å². The van der Waals surface area contributed by atoms with E-state index in [1.807, 2.05) is 62.4 Å². The van der Waals surface area contributed by atoms with E-state index in [4.69, 9.17) is 4.74 Å². The molecule has 0 atom stereocenters. The molecule has 1 saturated heterocycles. The number of amides is 1. The van der Waals surface area contributed by atoms with E-state index in [2.05, 4.69) is 36.9 Å². The van der Waals surface area contributed by atoms with Gasteiger partial charge in [-0.15, -0.1) is 0 Å². The van der Waals surface area contributed by atoms with Gasteiger partial charge in [-0.3, -0.25) is 9.69 Å². The van der Waals surface area contributed by atoms with Crippen LogP contribution in [0.25, 0.3) is 6.08 Å². The molecule has 1 fully saturated rings. The van der Waals surface area contributed by atoms with Crippen LogP contribution < -0.4 is 4.74 Å². The Morgan fingerprint density at radius 1 is 1.15 bits per heavy atom. The average molecular weight is 510 g/mol. The van der Waals surface area contributed by atoms with E-state index in [0.29, 0.717) is 10.1 Å². The highest BCUT2D eigenvalue weighted by molar-refractivity contribution is 9.11. The zero-order valence-corrected chi connectivity index (χ0v) is 19.1. The maximum Gasteiger partial charge on any atom is 0.266 e. The number of ether oxygens (including phenoxy) is 1. The molecule has 0 bridgehead atoms. The number of benzene rings is 2. The number of hydrogen-bond donors (Lipinski definition) is 0. The minimum absolute atomic E-state index is 0.0210. The summed E-state index contributed by atoms with van der Waals surface area (Å²) in [6, 6.07) is 13.5. The average Bonchev–Trinajstić information content (AvgIpc) is 2.91. The van der Waals surface area contributed by atoms with Crippen LogP contribution in [0.1, 0.15) is 19.4 Å². The van der Waals surface area contributed by atoms with Crippen molar-refractivity contribution < 1.29 is 9.53 Å². The molecular formula is C20H18Br2N2O2S. The number of carbonyl (C=O) groups excluding carboxylic acids is 1. The second-order valence-electron chi connectivity index (χ2n) is 6.13. The second-order valence-corrected chi connectivity index (χ2v) is 8.85. The third kappa shape index (κ3) is 4.47. The zero-order chi connectivity index (χ0) is 19.6. The first-order valence-corrected chi connectivity index (χ1v) is 10.7. The van der Waals surface area contributed by atoms with Gasteiger partial charge in [0.1, 0.15) is 5.75 Å². The molecule has 0 radical (unpaired) electrons. The largest absolute Gasteiger partial charge is 0.494 e. The Morgan fingerprint density at radius 2 is 1.78 bits per heavy atom. The molecule has 27 heavy (non-hydrogen) atoms. The predicted molar refractivity (Wildman–Crippen MR) is 119 cm³/mol. The van der Waals surface area contributed by atoms with Gasteiger partial charge in [0.15, 0.2) is 5.17 Å². The molecule has 0 spiro atoms. The minimum atomic E-state index is -0.0345. The predicted octanol–water partition coefficient (Wildman–Crippen LogP) is 6.23. The van der Waals surface area contributed by atoms with Crippen molar-refractivity contribution in [2.24, 2.45) is 4.99 Å². The molecule has 0 saturated carbocycles. The fourth-order valence-electron chi connectivity index (χ4n) is 2.64. The molecule has 140 valence electrons. The first kappa shape index (κ1) is 20.2. The maximum absolute atomic E-state index is 13.0. The first-order chi connectivity index (χ1) is 12.9. The topological polar surface area (TPSA) is 41.9 Å². The highest BCUT2D eigenvalue weighted by atomic mass is 79.9. The number of halogens is 2. The molecule has 1 aliphatic rings. The van der Waals surface area contributed by atoms with Crippen LogP contribution in [-0.2, 0) is 4.79 Å². The Labute approximate surface area is 180 Å². The number of para-hydroxylation sites is 1. The van der Waals surface area contributed by atoms with Gasteiger partial charge in [-0.25, -0.2) is 4.99 Å². The molecule has 7 heteroatoms. The molecular weight excluding hydrogens is 492 g/mol. The smallest absolute Gasteiger partial charge is 0.266 e. The summed E-state index contributed by atoms with van der Waals surface area (Å²) in [7, 11) is 1.62. The number of carbonyl (C=O) groups is 1. The number of methoxy groups -OCH3 is 1. The van der Waals surface area contributed by atoms with Gasteiger partial charge in [-0.2, -0.15) is 0 Å². The molecule has 0 aliphatic carbocycles. The van der Waals surface area contributed by atoms with Crippen molar-refractivity contribution in [2.45, 2.75) is 19.9 Å². The fourth-order valence-corrected chi connectivity index (χ4v) is 5.31. The van der Waals surface area contributed by atoms with Gasteiger partial charge >= 0.3 is 0 Å². The molecule has 4 nitrogen and oxygen atoms in total. The lowest BCUT2D eigenvalue weighted by atomic mass is 10.2. The van der Waals surface area contributed by atoms with Gasteiger partial charge in [-0.05, 0) is 93.4 Å². The summed E-state index contributed by atoms with van der Waals surface area (Å²) >= 11 is 8.40. The van der Waals surface area contributed by atoms with E-state index >= 15 is 0 Å². The molecule has 3 rings (SSSR count). The summed E-state index contributed by atoms with van der Waals surface area (Å²) < 4.78 is 6.98. The van der Waals surface area contributed by atoms with Crippen LogP contribution >= 0.6 is 43.6 Å². The number of hydrogen-bond acceptors (Lipinski definition) is 4. The van der Waals surface area contributed by atoms with Crippen LogP contribution in [0, 0.1) is 0 Å². The molecule has 2 aromatic carbocycles. The lowest BCUT2D eigenvalue weighted by Gasteiger charge is -2.19. The zero-order valence-electron chi connectivity index (χ0n) is 15.1. The summed E-state index contributed by atoms with van der Waals surface area (Å²) in [4.78, 5) is 20.0. The molecule has 2 aromatic rings. The standard InChI is InChI=1S/C20H18Br2N2O2S/c1-12(2)24-19(25)17(27-20(24)23-14-7-5-4-6-8-14)11-13-9-15(21)18(26-3)16(22)10-13/h4-12H,1-3H3/b17-11+,23-20?. The molecule has 1 amide bonds. The van der Waals surface area contributed by atoms with E-state index in [9.17, 15) is 4.79 Å². The van der Waals surface area contributed by atoms with Crippen LogP contribution in [-0.4, -0.2) is 29.1 Å². The summed E-state index contributed by atoms with van der Waals surface area (Å²) in [6.07, 6.45) is 1.88. The van der Waals surface area contributed by atoms with E-state index < -0.39 is 0 Å². The Morgan fingerprint density at radius 3 is 2.33 bits per heavy atom. The van der Waals surface area contributed by atoms with Crippen LogP contribution in [0.5, 0.6) is 5.75 Å². The first-order valence-electron chi connectivity index (χ1n) is 8.30. The summed E-state index contributed by atoms with van der Waals surface area (Å²) in [5.41, 5.74) is 1.73. The van der Waals surface area contributed by atoms with Gasteiger partial charge < -0.3 is 4.74 Å². The monoisotopic (exact) mass is 508 g/mol. The Hall–Kier alpha value is -1.57. The van der Waals surface area contributed by atoms with Crippen LogP contribution in [0.15, 0.2) is 61.3 Å². The minimum Gasteiger partial charge on any atom is -0.494 e. The quantitative estimate of drug-likeness (QED) is 0.458. The van der Waals surface area contributed by atoms with Gasteiger partial charge in [-0.1, -0.05) is 18.2 Å². The van der Waals surface area contributed by atoms with Gasteiger partial charge in [0.25, 0.3) is 5.91 Å². The van der Waals surface area contributed by atoms with Crippen molar-refractivity contribution in [1.29, 1.82) is 0 Å². The number of aliphatic imine (C=N–C) groups is 1. The Kier molecular flexibility index (Phi) is 6.44. The van der Waals surface area contributed by atoms with E-state index in [-0.39, 0.29) is 11.9 Å². The third-order valence-electron chi connectivity index (χ3n) is 3.86. The van der Waals surface area contributed by atoms with Gasteiger partial charge in [0, 0.05) is 6.04 Å². The summed E-state index contributed by atoms with van der Waals surface area (Å²) in [6.45, 7) is 3.98. The number of nitrogens with zero attached hydrogens (tertiary/aromatic N) is 2. The lowest BCUT2D eigenvalue weighted by Crippen LogP contribution is -2.35. The Bertz CT molecular complexity index is 904. The van der Waals surface area contributed by atoms with Crippen LogP contribution in [0.4, 0.5) is 5.69 Å². The van der Waals surface area contributed by atoms with Crippen LogP contribution in [0.3, 0.4) is 0 Å². The SMILES string of the molecule is COc1c(Br)cc(/C=C2/SC(=Nc3ccccc3)N(C(C)C)C2=O)cc1Br. The highest BCUT2D eigenvalue weighted by Crippen LogP contribution is 2.38. The molecule has 0 aromatic heterocycles. The van der Waals surface area contributed by atoms with Crippen molar-refractivity contribution in [2.75, 3.05) is 7.11 Å². The van der Waals surface area contributed by atoms with Crippen molar-refractivity contribution in [1.82, 2.24) is 4.90 Å². The third-order valence-corrected chi connectivity index (χ3v) is 6.02. The molecule has 0 unspecified atom stereocenters. The normalized spacial score (nSPS) is 17.4. The van der Waals surface area contributed by atoms with E-state index in [0.717, 1.165) is 25.9 Å². The molecule has 1 heterocycles. The Balaban J connectivity index is 1.99. The van der Waals surface area contributed by atoms with Crippen molar-refractivity contribution >= 4 is 66.5 Å². The van der Waals surface area contributed by atoms with Crippen molar-refractivity contribution in [3.63, 3.8) is 0 Å². The lowest BCUT2D eigenvalue weighted by molar-refractivity contribution is -0.123. The second kappa shape index (κ2) is 8.63. The highest BCUT2D eigenvalue weighted by Gasteiger charge is 2.35.